The van der Waals surface area contributed by atoms with E-state index in [1.54, 1.807) is 30.5 Å². The van der Waals surface area contributed by atoms with Gasteiger partial charge in [0, 0.05) is 41.4 Å². The summed E-state index contributed by atoms with van der Waals surface area (Å²) < 4.78 is 39.9. The molecule has 3 aromatic carbocycles. The summed E-state index contributed by atoms with van der Waals surface area (Å²) in [6.07, 6.45) is 0.611. The smallest absolute Gasteiger partial charge is 0.257 e. The highest BCUT2D eigenvalue weighted by Crippen LogP contribution is 2.35. The lowest BCUT2D eigenvalue weighted by atomic mass is 10.0. The Balaban J connectivity index is 1.81. The number of nitrogens with zero attached hydrogens (tertiary/aromatic N) is 1. The molecule has 9 heteroatoms. The van der Waals surface area contributed by atoms with Crippen LogP contribution in [0, 0.1) is 12.7 Å². The molecule has 0 saturated carbocycles. The molecule has 1 amide bonds. The van der Waals surface area contributed by atoms with Gasteiger partial charge in [0.05, 0.1) is 27.3 Å². The van der Waals surface area contributed by atoms with Gasteiger partial charge < -0.3 is 15.0 Å². The van der Waals surface area contributed by atoms with Crippen LogP contribution in [0.2, 0.25) is 5.02 Å². The molecule has 6 nitrogen and oxygen atoms in total. The number of carbonyl (C=O) groups is 1. The summed E-state index contributed by atoms with van der Waals surface area (Å²) in [5.41, 5.74) is 3.87. The van der Waals surface area contributed by atoms with Crippen LogP contribution >= 0.6 is 11.6 Å². The van der Waals surface area contributed by atoms with E-state index in [-0.39, 0.29) is 16.3 Å². The summed E-state index contributed by atoms with van der Waals surface area (Å²) in [5.74, 6) is -1.03. The number of sulfone groups is 1. The summed E-state index contributed by atoms with van der Waals surface area (Å²) in [6.45, 7) is 3.38. The lowest BCUT2D eigenvalue weighted by Crippen LogP contribution is -2.14. The number of nitrogens with one attached hydrogen (secondary N) is 1. The summed E-state index contributed by atoms with van der Waals surface area (Å²) in [7, 11) is -3.36. The van der Waals surface area contributed by atoms with Gasteiger partial charge in [-0.2, -0.15) is 0 Å². The second kappa shape index (κ2) is 10.5. The maximum absolute atomic E-state index is 14.7. The predicted molar refractivity (Wildman–Crippen MR) is 144 cm³/mol. The maximum Gasteiger partial charge on any atom is 0.257 e. The monoisotopic (exact) mass is 540 g/mol. The Morgan fingerprint density at radius 1 is 1.08 bits per heavy atom. The van der Waals surface area contributed by atoms with Crippen molar-refractivity contribution >= 4 is 33.0 Å². The number of rotatable bonds is 7. The zero-order chi connectivity index (χ0) is 26.9. The van der Waals surface area contributed by atoms with Crippen LogP contribution in [-0.4, -0.2) is 36.4 Å². The molecule has 37 heavy (non-hydrogen) atoms. The molecule has 4 rings (SSSR count). The van der Waals surface area contributed by atoms with E-state index in [1.807, 2.05) is 30.3 Å². The van der Waals surface area contributed by atoms with Crippen molar-refractivity contribution in [1.82, 2.24) is 4.57 Å². The fraction of sp³-hybridized carbons (Fsp3) is 0.179. The first-order valence-electron chi connectivity index (χ1n) is 11.5. The molecular formula is C28H26ClFN2O4S. The number of carbonyl (C=O) groups excluding carboxylic acids is 1. The second-order valence-corrected chi connectivity index (χ2v) is 11.3. The Labute approximate surface area is 220 Å². The summed E-state index contributed by atoms with van der Waals surface area (Å²) in [6, 6.07) is 19.8. The van der Waals surface area contributed by atoms with Gasteiger partial charge in [-0.1, -0.05) is 41.9 Å². The average Bonchev–Trinajstić information content (AvgIpc) is 3.15. The number of aliphatic hydroxyl groups excluding tert-OH is 1. The summed E-state index contributed by atoms with van der Waals surface area (Å²) in [4.78, 5) is 13.4. The third-order valence-electron chi connectivity index (χ3n) is 5.98. The zero-order valence-corrected chi connectivity index (χ0v) is 22.1. The van der Waals surface area contributed by atoms with E-state index in [0.717, 1.165) is 11.8 Å². The van der Waals surface area contributed by atoms with E-state index >= 15 is 0 Å². The van der Waals surface area contributed by atoms with E-state index in [1.165, 1.54) is 30.3 Å². The van der Waals surface area contributed by atoms with Gasteiger partial charge in [0.2, 0.25) is 0 Å². The van der Waals surface area contributed by atoms with E-state index in [0.29, 0.717) is 33.9 Å². The minimum absolute atomic E-state index is 0.0278. The molecule has 0 fully saturated rings. The molecule has 0 bridgehead atoms. The van der Waals surface area contributed by atoms with Gasteiger partial charge in [0.25, 0.3) is 5.91 Å². The second-order valence-electron chi connectivity index (χ2n) is 8.92. The fourth-order valence-corrected chi connectivity index (χ4v) is 5.04. The highest BCUT2D eigenvalue weighted by atomic mass is 35.5. The average molecular weight is 541 g/mol. The highest BCUT2D eigenvalue weighted by molar-refractivity contribution is 7.90. The molecule has 0 aliphatic carbocycles. The number of aliphatic hydroxyl groups is 1. The van der Waals surface area contributed by atoms with Crippen molar-refractivity contribution in [3.05, 3.63) is 101 Å². The first-order chi connectivity index (χ1) is 17.5. The highest BCUT2D eigenvalue weighted by Gasteiger charge is 2.23. The molecule has 0 spiro atoms. The summed E-state index contributed by atoms with van der Waals surface area (Å²) >= 11 is 6.15. The molecule has 1 aromatic heterocycles. The SMILES string of the molecule is Cc1c(C(=O)Nc2ccc(S(C)(=O)=O)cc2)cc(C[C@H](C)O)n1-c1cc(F)c(Cl)cc1-c1ccccc1. The van der Waals surface area contributed by atoms with Crippen LogP contribution in [0.4, 0.5) is 10.1 Å². The lowest BCUT2D eigenvalue weighted by molar-refractivity contribution is 0.102. The summed E-state index contributed by atoms with van der Waals surface area (Å²) in [5, 5.41) is 12.9. The van der Waals surface area contributed by atoms with Gasteiger partial charge in [-0.15, -0.1) is 0 Å². The van der Waals surface area contributed by atoms with Crippen LogP contribution in [-0.2, 0) is 16.3 Å². The number of hydrogen-bond acceptors (Lipinski definition) is 4. The molecule has 0 unspecified atom stereocenters. The van der Waals surface area contributed by atoms with Crippen molar-refractivity contribution in [1.29, 1.82) is 0 Å². The molecule has 0 aliphatic heterocycles. The maximum atomic E-state index is 14.7. The van der Waals surface area contributed by atoms with E-state index in [9.17, 15) is 22.7 Å². The van der Waals surface area contributed by atoms with Gasteiger partial charge in [0.1, 0.15) is 5.82 Å². The molecular weight excluding hydrogens is 515 g/mol. The van der Waals surface area contributed by atoms with Crippen molar-refractivity contribution in [2.45, 2.75) is 31.3 Å². The molecule has 4 aromatic rings. The van der Waals surface area contributed by atoms with Crippen molar-refractivity contribution in [2.75, 3.05) is 11.6 Å². The number of hydrogen-bond donors (Lipinski definition) is 2. The quantitative estimate of drug-likeness (QED) is 0.309. The van der Waals surface area contributed by atoms with Crippen LogP contribution < -0.4 is 5.32 Å². The minimum atomic E-state index is -3.36. The Kier molecular flexibility index (Phi) is 7.54. The normalized spacial score (nSPS) is 12.4. The first-order valence-corrected chi connectivity index (χ1v) is 13.8. The molecule has 192 valence electrons. The van der Waals surface area contributed by atoms with Crippen LogP contribution in [0.15, 0.2) is 77.7 Å². The van der Waals surface area contributed by atoms with Gasteiger partial charge >= 0.3 is 0 Å². The van der Waals surface area contributed by atoms with Gasteiger partial charge in [-0.3, -0.25) is 4.79 Å². The molecule has 1 heterocycles. The van der Waals surface area contributed by atoms with Gasteiger partial charge in [-0.25, -0.2) is 12.8 Å². The molecule has 0 radical (unpaired) electrons. The Morgan fingerprint density at radius 2 is 1.73 bits per heavy atom. The van der Waals surface area contributed by atoms with Crippen LogP contribution in [0.5, 0.6) is 0 Å². The predicted octanol–water partition coefficient (Wildman–Crippen LogP) is 5.82. The van der Waals surface area contributed by atoms with Crippen molar-refractivity contribution < 1.29 is 22.7 Å². The number of halogens is 2. The van der Waals surface area contributed by atoms with Crippen LogP contribution in [0.1, 0.15) is 28.7 Å². The van der Waals surface area contributed by atoms with Crippen molar-refractivity contribution in [3.8, 4) is 16.8 Å². The number of aromatic nitrogens is 1. The van der Waals surface area contributed by atoms with Gasteiger partial charge in [0.15, 0.2) is 9.84 Å². The van der Waals surface area contributed by atoms with Crippen LogP contribution in [0.25, 0.3) is 16.8 Å². The van der Waals surface area contributed by atoms with Crippen molar-refractivity contribution in [3.63, 3.8) is 0 Å². The molecule has 0 aliphatic rings. The third kappa shape index (κ3) is 5.77. The van der Waals surface area contributed by atoms with E-state index in [4.69, 9.17) is 11.6 Å². The molecule has 2 N–H and O–H groups in total. The fourth-order valence-electron chi connectivity index (χ4n) is 4.24. The number of amides is 1. The number of benzene rings is 3. The Hall–Kier alpha value is -3.46. The van der Waals surface area contributed by atoms with E-state index in [2.05, 4.69) is 5.32 Å². The number of anilines is 1. The Bertz CT molecular complexity index is 1560. The lowest BCUT2D eigenvalue weighted by Gasteiger charge is -2.18. The zero-order valence-electron chi connectivity index (χ0n) is 20.5. The largest absolute Gasteiger partial charge is 0.393 e. The topological polar surface area (TPSA) is 88.4 Å². The standard InChI is InChI=1S/C28H26ClFN2O4S/c1-17(33)13-21-14-23(28(34)31-20-9-11-22(12-10-20)37(3,35)36)18(2)32(21)27-16-26(30)25(29)15-24(27)19-7-5-4-6-8-19/h4-12,14-17,33H,13H2,1-3H3,(H,31,34)/t17-/m0/s1. The third-order valence-corrected chi connectivity index (χ3v) is 7.40. The molecule has 0 saturated heterocycles. The van der Waals surface area contributed by atoms with Crippen molar-refractivity contribution in [2.24, 2.45) is 0 Å². The van der Waals surface area contributed by atoms with Crippen LogP contribution in [0.3, 0.4) is 0 Å². The first kappa shape index (κ1) is 26.6. The molecule has 1 atom stereocenters. The van der Waals surface area contributed by atoms with E-state index < -0.39 is 27.7 Å². The Morgan fingerprint density at radius 3 is 2.32 bits per heavy atom. The minimum Gasteiger partial charge on any atom is -0.393 e. The van der Waals surface area contributed by atoms with Gasteiger partial charge in [-0.05, 0) is 55.8 Å².